The van der Waals surface area contributed by atoms with Crippen LogP contribution in [0, 0.1) is 3.57 Å². The lowest BCUT2D eigenvalue weighted by atomic mass is 10.1. The Bertz CT molecular complexity index is 1350. The van der Waals surface area contributed by atoms with Crippen LogP contribution in [0.1, 0.15) is 11.1 Å². The number of rotatable bonds is 11. The largest absolute Gasteiger partial charge is 0.481 e. The van der Waals surface area contributed by atoms with Gasteiger partial charge in [0.1, 0.15) is 11.8 Å². The maximum absolute atomic E-state index is 12.9. The molecular formula is C24H21BrIN3O6S. The summed E-state index contributed by atoms with van der Waals surface area (Å²) in [6.07, 6.45) is 1.49. The number of benzene rings is 3. The first-order valence-electron chi connectivity index (χ1n) is 10.4. The van der Waals surface area contributed by atoms with Crippen LogP contribution in [-0.4, -0.2) is 44.3 Å². The van der Waals surface area contributed by atoms with E-state index in [4.69, 9.17) is 9.84 Å². The number of carbonyl (C=O) groups is 2. The van der Waals surface area contributed by atoms with Crippen molar-refractivity contribution in [1.29, 1.82) is 0 Å². The number of hydrazone groups is 1. The van der Waals surface area contributed by atoms with Crippen molar-refractivity contribution in [3.8, 4) is 5.75 Å². The molecule has 9 nitrogen and oxygen atoms in total. The number of amides is 1. The summed E-state index contributed by atoms with van der Waals surface area (Å²) in [4.78, 5) is 23.6. The highest BCUT2D eigenvalue weighted by Gasteiger charge is 2.26. The smallest absolute Gasteiger partial charge is 0.341 e. The lowest BCUT2D eigenvalue weighted by molar-refractivity contribution is -0.139. The fourth-order valence-corrected chi connectivity index (χ4v) is 5.07. The zero-order valence-electron chi connectivity index (χ0n) is 18.6. The molecule has 0 aliphatic carbocycles. The van der Waals surface area contributed by atoms with Crippen molar-refractivity contribution in [3.63, 3.8) is 0 Å². The second-order valence-electron chi connectivity index (χ2n) is 7.42. The van der Waals surface area contributed by atoms with E-state index in [-0.39, 0.29) is 11.3 Å². The Morgan fingerprint density at radius 1 is 1.08 bits per heavy atom. The van der Waals surface area contributed by atoms with Gasteiger partial charge >= 0.3 is 5.97 Å². The summed E-state index contributed by atoms with van der Waals surface area (Å²) in [6, 6.07) is 19.0. The molecule has 0 bridgehead atoms. The Labute approximate surface area is 230 Å². The number of halogens is 2. The Morgan fingerprint density at radius 2 is 1.78 bits per heavy atom. The van der Waals surface area contributed by atoms with Crippen molar-refractivity contribution >= 4 is 66.6 Å². The fraction of sp³-hybridized carbons (Fsp3) is 0.125. The number of aliphatic carboxylic acids is 1. The van der Waals surface area contributed by atoms with Gasteiger partial charge < -0.3 is 9.84 Å². The first-order valence-corrected chi connectivity index (χ1v) is 13.8. The van der Waals surface area contributed by atoms with Crippen molar-refractivity contribution in [2.75, 3.05) is 6.61 Å². The molecule has 36 heavy (non-hydrogen) atoms. The lowest BCUT2D eigenvalue weighted by Crippen LogP contribution is -2.46. The van der Waals surface area contributed by atoms with Crippen molar-refractivity contribution in [2.45, 2.75) is 17.4 Å². The molecule has 0 aliphatic heterocycles. The molecule has 0 aliphatic rings. The van der Waals surface area contributed by atoms with Crippen LogP contribution >= 0.6 is 38.5 Å². The van der Waals surface area contributed by atoms with Gasteiger partial charge in [0.2, 0.25) is 10.0 Å². The molecule has 1 atom stereocenters. The van der Waals surface area contributed by atoms with E-state index in [1.165, 1.54) is 18.3 Å². The molecule has 3 aromatic rings. The number of nitrogens with zero attached hydrogens (tertiary/aromatic N) is 1. The summed E-state index contributed by atoms with van der Waals surface area (Å²) in [5.41, 5.74) is 3.75. The van der Waals surface area contributed by atoms with E-state index in [0.717, 1.165) is 9.13 Å². The standard InChI is InChI=1S/C24H21BrIN3O6S/c25-20-12-17(6-11-22(20)35-15-23(30)31)14-27-28-24(32)21(13-16-4-2-1-3-5-16)29-36(33,34)19-9-7-18(26)8-10-19/h1-12,14,21,29H,13,15H2,(H,28,32)(H,30,31)/b27-14-/t21-/m0/s1. The third-order valence-corrected chi connectivity index (χ3v) is 7.54. The highest BCUT2D eigenvalue weighted by Crippen LogP contribution is 2.25. The van der Waals surface area contributed by atoms with Crippen LogP contribution in [0.4, 0.5) is 0 Å². The minimum atomic E-state index is -3.97. The summed E-state index contributed by atoms with van der Waals surface area (Å²) >= 11 is 5.37. The van der Waals surface area contributed by atoms with Gasteiger partial charge in [-0.3, -0.25) is 4.79 Å². The van der Waals surface area contributed by atoms with Gasteiger partial charge in [-0.1, -0.05) is 30.3 Å². The van der Waals surface area contributed by atoms with Gasteiger partial charge in [0.15, 0.2) is 6.61 Å². The Hall–Kier alpha value is -2.81. The van der Waals surface area contributed by atoms with E-state index in [9.17, 15) is 18.0 Å². The number of nitrogens with one attached hydrogen (secondary N) is 2. The number of sulfonamides is 1. The number of carboxylic acid groups (broad SMARTS) is 1. The van der Waals surface area contributed by atoms with Crippen LogP contribution in [0.2, 0.25) is 0 Å². The van der Waals surface area contributed by atoms with Gasteiger partial charge in [0.05, 0.1) is 15.6 Å². The summed E-state index contributed by atoms with van der Waals surface area (Å²) in [5, 5.41) is 12.7. The highest BCUT2D eigenvalue weighted by atomic mass is 127. The van der Waals surface area contributed by atoms with Crippen LogP contribution in [-0.2, 0) is 26.0 Å². The summed E-state index contributed by atoms with van der Waals surface area (Å²) in [6.45, 7) is -0.483. The number of carboxylic acids is 1. The van der Waals surface area contributed by atoms with E-state index < -0.39 is 34.5 Å². The lowest BCUT2D eigenvalue weighted by Gasteiger charge is -2.17. The molecule has 12 heteroatoms. The van der Waals surface area contributed by atoms with Gasteiger partial charge in [-0.05, 0) is 98.5 Å². The summed E-state index contributed by atoms with van der Waals surface area (Å²) in [7, 11) is -3.97. The number of ether oxygens (including phenoxy) is 1. The first-order chi connectivity index (χ1) is 17.1. The third-order valence-electron chi connectivity index (χ3n) is 4.72. The number of hydrogen-bond acceptors (Lipinski definition) is 6. The van der Waals surface area contributed by atoms with Crippen molar-refractivity contribution in [3.05, 3.63) is 92.0 Å². The molecule has 0 spiro atoms. The Balaban J connectivity index is 1.73. The molecule has 1 amide bonds. The van der Waals surface area contributed by atoms with E-state index in [1.54, 1.807) is 54.6 Å². The molecule has 3 rings (SSSR count). The van der Waals surface area contributed by atoms with E-state index in [1.807, 2.05) is 6.07 Å². The highest BCUT2D eigenvalue weighted by molar-refractivity contribution is 14.1. The van der Waals surface area contributed by atoms with Gasteiger partial charge in [-0.25, -0.2) is 18.6 Å². The molecule has 0 radical (unpaired) electrons. The minimum absolute atomic E-state index is 0.0485. The maximum atomic E-state index is 12.9. The molecule has 3 aromatic carbocycles. The normalized spacial score (nSPS) is 12.3. The maximum Gasteiger partial charge on any atom is 0.341 e. The van der Waals surface area contributed by atoms with E-state index in [0.29, 0.717) is 15.8 Å². The van der Waals surface area contributed by atoms with Crippen molar-refractivity contribution < 1.29 is 27.9 Å². The topological polar surface area (TPSA) is 134 Å². The van der Waals surface area contributed by atoms with Gasteiger partial charge in [-0.15, -0.1) is 0 Å². The van der Waals surface area contributed by atoms with Gasteiger partial charge in [0, 0.05) is 3.57 Å². The fourth-order valence-electron chi connectivity index (χ4n) is 3.01. The number of hydrogen-bond donors (Lipinski definition) is 3. The molecule has 0 unspecified atom stereocenters. The predicted octanol–water partition coefficient (Wildman–Crippen LogP) is 3.56. The number of carbonyl (C=O) groups excluding carboxylic acids is 1. The Kier molecular flexibility index (Phi) is 9.98. The second-order valence-corrected chi connectivity index (χ2v) is 11.2. The molecule has 188 valence electrons. The quantitative estimate of drug-likeness (QED) is 0.161. The molecule has 3 N–H and O–H groups in total. The zero-order chi connectivity index (χ0) is 26.1. The third kappa shape index (κ3) is 8.40. The van der Waals surface area contributed by atoms with E-state index in [2.05, 4.69) is 53.8 Å². The SMILES string of the molecule is O=C(O)COc1ccc(/C=N\NC(=O)[C@H](Cc2ccccc2)NS(=O)(=O)c2ccc(I)cc2)cc1Br. The van der Waals surface area contributed by atoms with Crippen molar-refractivity contribution in [2.24, 2.45) is 5.10 Å². The minimum Gasteiger partial charge on any atom is -0.481 e. The monoisotopic (exact) mass is 685 g/mol. The second kappa shape index (κ2) is 12.9. The molecule has 0 heterocycles. The van der Waals surface area contributed by atoms with Gasteiger partial charge in [0.25, 0.3) is 5.91 Å². The zero-order valence-corrected chi connectivity index (χ0v) is 23.2. The van der Waals surface area contributed by atoms with E-state index >= 15 is 0 Å². The molecule has 0 fully saturated rings. The molecular weight excluding hydrogens is 665 g/mol. The average Bonchev–Trinajstić information content (AvgIpc) is 2.83. The van der Waals surface area contributed by atoms with Crippen LogP contribution in [0.5, 0.6) is 5.75 Å². The molecule has 0 saturated carbocycles. The summed E-state index contributed by atoms with van der Waals surface area (Å²) in [5.74, 6) is -1.39. The Morgan fingerprint density at radius 3 is 2.42 bits per heavy atom. The van der Waals surface area contributed by atoms with Crippen molar-refractivity contribution in [1.82, 2.24) is 10.1 Å². The van der Waals surface area contributed by atoms with Crippen LogP contribution in [0.3, 0.4) is 0 Å². The predicted molar refractivity (Wildman–Crippen MR) is 146 cm³/mol. The van der Waals surface area contributed by atoms with Crippen LogP contribution in [0.25, 0.3) is 0 Å². The van der Waals surface area contributed by atoms with Crippen LogP contribution < -0.4 is 14.9 Å². The first kappa shape index (κ1) is 27.8. The molecule has 0 saturated heterocycles. The average molecular weight is 686 g/mol. The van der Waals surface area contributed by atoms with Gasteiger partial charge in [-0.2, -0.15) is 9.82 Å². The summed E-state index contributed by atoms with van der Waals surface area (Å²) < 4.78 is 34.9. The molecule has 0 aromatic heterocycles. The van der Waals surface area contributed by atoms with Crippen LogP contribution in [0.15, 0.2) is 87.3 Å².